The molecule has 13 heteroatoms. The summed E-state index contributed by atoms with van der Waals surface area (Å²) in [6.45, 7) is 0. The second-order valence-corrected chi connectivity index (χ2v) is 12.3. The predicted octanol–water partition coefficient (Wildman–Crippen LogP) is 5.45. The number of ether oxygens (including phenoxy) is 4. The Kier molecular flexibility index (Phi) is 10.4. The van der Waals surface area contributed by atoms with Crippen LogP contribution in [0.4, 0.5) is 0 Å². The normalized spacial score (nSPS) is 11.5. The van der Waals surface area contributed by atoms with E-state index in [1.54, 1.807) is 26.4 Å². The van der Waals surface area contributed by atoms with Crippen LogP contribution in [0, 0.1) is 0 Å². The van der Waals surface area contributed by atoms with Gasteiger partial charge in [-0.3, -0.25) is 0 Å². The maximum absolute atomic E-state index is 11.3. The molecule has 0 saturated carbocycles. The van der Waals surface area contributed by atoms with Crippen molar-refractivity contribution in [3.63, 3.8) is 0 Å². The van der Waals surface area contributed by atoms with Gasteiger partial charge in [-0.15, -0.1) is 0 Å². The molecule has 0 heterocycles. The second kappa shape index (κ2) is 13.6. The molecule has 0 saturated heterocycles. The van der Waals surface area contributed by atoms with E-state index in [1.165, 1.54) is 38.5 Å². The minimum atomic E-state index is -4.54. The summed E-state index contributed by atoms with van der Waals surface area (Å²) in [6, 6.07) is 23.3. The van der Waals surface area contributed by atoms with Crippen LogP contribution in [0.5, 0.6) is 23.0 Å². The minimum Gasteiger partial charge on any atom is -0.744 e. The van der Waals surface area contributed by atoms with E-state index >= 15 is 0 Å². The summed E-state index contributed by atoms with van der Waals surface area (Å²) < 4.78 is 89.5. The molecular formula is C32H26CaO10S2. The maximum Gasteiger partial charge on any atom is 2.00 e. The number of rotatable bonds is 6. The Bertz CT molecular complexity index is 2120. The fourth-order valence-electron chi connectivity index (χ4n) is 5.35. The zero-order valence-corrected chi connectivity index (χ0v) is 28.5. The van der Waals surface area contributed by atoms with Gasteiger partial charge in [0, 0.05) is 43.1 Å². The fraction of sp³-hybridized carbons (Fsp3) is 0.125. The molecule has 0 aliphatic rings. The van der Waals surface area contributed by atoms with E-state index in [1.807, 2.05) is 48.5 Å². The van der Waals surface area contributed by atoms with Gasteiger partial charge >= 0.3 is 37.7 Å². The third kappa shape index (κ3) is 6.50. The number of benzene rings is 6. The van der Waals surface area contributed by atoms with Crippen LogP contribution in [0.15, 0.2) is 94.7 Å². The molecule has 0 amide bonds. The van der Waals surface area contributed by atoms with Gasteiger partial charge in [-0.25, -0.2) is 16.8 Å². The smallest absolute Gasteiger partial charge is 0.744 e. The number of methoxy groups -OCH3 is 4. The van der Waals surface area contributed by atoms with Crippen molar-refractivity contribution in [3.8, 4) is 23.0 Å². The van der Waals surface area contributed by atoms with Gasteiger partial charge in [0.2, 0.25) is 0 Å². The van der Waals surface area contributed by atoms with Crippen molar-refractivity contribution < 1.29 is 44.9 Å². The van der Waals surface area contributed by atoms with Crippen molar-refractivity contribution in [2.24, 2.45) is 0 Å². The zero-order chi connectivity index (χ0) is 31.8. The van der Waals surface area contributed by atoms with Gasteiger partial charge in [-0.2, -0.15) is 0 Å². The largest absolute Gasteiger partial charge is 2.00 e. The van der Waals surface area contributed by atoms with Crippen LogP contribution in [0.1, 0.15) is 0 Å². The van der Waals surface area contributed by atoms with Crippen molar-refractivity contribution in [2.75, 3.05) is 28.4 Å². The quantitative estimate of drug-likeness (QED) is 0.127. The summed E-state index contributed by atoms with van der Waals surface area (Å²) >= 11 is 0. The number of hydrogen-bond acceptors (Lipinski definition) is 10. The third-order valence-corrected chi connectivity index (χ3v) is 8.85. The molecule has 45 heavy (non-hydrogen) atoms. The standard InChI is InChI=1S/2C16H14O5S.Ca/c2*1-20-15-11-5-3-4-6-12(11)16(21-2)14-9-10(22(17,18)19)7-8-13(14)15;/h2*3-9H,1-2H3,(H,17,18,19);/q;;+2/p-2. The van der Waals surface area contributed by atoms with Gasteiger partial charge in [0.25, 0.3) is 0 Å². The minimum absolute atomic E-state index is 0. The summed E-state index contributed by atoms with van der Waals surface area (Å²) in [5.74, 6) is 2.25. The van der Waals surface area contributed by atoms with E-state index < -0.39 is 20.2 Å². The van der Waals surface area contributed by atoms with Gasteiger partial charge in [0.05, 0.1) is 38.2 Å². The number of fused-ring (bicyclic) bond motifs is 4. The Morgan fingerprint density at radius 3 is 0.911 bits per heavy atom. The molecule has 0 fully saturated rings. The molecule has 6 aromatic carbocycles. The van der Waals surface area contributed by atoms with Crippen molar-refractivity contribution in [3.05, 3.63) is 84.9 Å². The Labute approximate surface area is 290 Å². The first-order chi connectivity index (χ1) is 20.9. The molecule has 0 aromatic heterocycles. The molecule has 228 valence electrons. The monoisotopic (exact) mass is 674 g/mol. The Hall–Kier alpha value is -3.36. The van der Waals surface area contributed by atoms with Crippen molar-refractivity contribution >= 4 is 101 Å². The van der Waals surface area contributed by atoms with Crippen LogP contribution >= 0.6 is 0 Å². The molecule has 0 spiro atoms. The van der Waals surface area contributed by atoms with E-state index in [-0.39, 0.29) is 47.5 Å². The topological polar surface area (TPSA) is 151 Å². The average Bonchev–Trinajstić information content (AvgIpc) is 3.01. The molecule has 0 unspecified atom stereocenters. The van der Waals surface area contributed by atoms with Crippen LogP contribution in [-0.2, 0) is 20.2 Å². The molecule has 0 N–H and O–H groups in total. The molecule has 0 aliphatic heterocycles. The molecule has 0 atom stereocenters. The van der Waals surface area contributed by atoms with E-state index in [9.17, 15) is 25.9 Å². The van der Waals surface area contributed by atoms with E-state index in [0.29, 0.717) is 44.5 Å². The summed E-state index contributed by atoms with van der Waals surface area (Å²) in [7, 11) is -2.97. The van der Waals surface area contributed by atoms with Gasteiger partial charge in [0.1, 0.15) is 43.2 Å². The first-order valence-corrected chi connectivity index (χ1v) is 15.8. The second-order valence-electron chi connectivity index (χ2n) is 9.55. The van der Waals surface area contributed by atoms with Gasteiger partial charge in [-0.05, 0) is 36.4 Å². The molecule has 0 aliphatic carbocycles. The Morgan fingerprint density at radius 2 is 0.667 bits per heavy atom. The molecule has 6 aromatic rings. The van der Waals surface area contributed by atoms with Crippen LogP contribution in [-0.4, -0.2) is 92.1 Å². The number of hydrogen-bond donors (Lipinski definition) is 0. The van der Waals surface area contributed by atoms with Crippen LogP contribution in [0.3, 0.4) is 0 Å². The maximum atomic E-state index is 11.3. The zero-order valence-electron chi connectivity index (χ0n) is 24.7. The van der Waals surface area contributed by atoms with Crippen molar-refractivity contribution in [2.45, 2.75) is 9.79 Å². The fourth-order valence-corrected chi connectivity index (χ4v) is 6.34. The van der Waals surface area contributed by atoms with Gasteiger partial charge in [-0.1, -0.05) is 48.5 Å². The molecule has 6 rings (SSSR count). The Balaban J connectivity index is 0.000000200. The van der Waals surface area contributed by atoms with Crippen LogP contribution in [0.2, 0.25) is 0 Å². The van der Waals surface area contributed by atoms with Crippen molar-refractivity contribution in [1.29, 1.82) is 0 Å². The molecule has 10 nitrogen and oxygen atoms in total. The first kappa shape index (κ1) is 34.5. The third-order valence-electron chi connectivity index (χ3n) is 7.19. The Morgan fingerprint density at radius 1 is 0.422 bits per heavy atom. The van der Waals surface area contributed by atoms with E-state index in [4.69, 9.17) is 18.9 Å². The summed E-state index contributed by atoms with van der Waals surface area (Å²) in [5.41, 5.74) is 0. The van der Waals surface area contributed by atoms with Gasteiger partial charge < -0.3 is 28.1 Å². The average molecular weight is 675 g/mol. The summed E-state index contributed by atoms with van der Waals surface area (Å²) in [4.78, 5) is -0.591. The SMILES string of the molecule is COc1c2ccccc2c(OC)c2cc(S(=O)(=O)[O-])ccc12.COc1c2ccccc2c(OC)c2cc(S(=O)(=O)[O-])ccc12.[Ca+2]. The van der Waals surface area contributed by atoms with E-state index in [2.05, 4.69) is 0 Å². The predicted molar refractivity (Wildman–Crippen MR) is 171 cm³/mol. The summed E-state index contributed by atoms with van der Waals surface area (Å²) in [6.07, 6.45) is 0. The van der Waals surface area contributed by atoms with Gasteiger partial charge in [0.15, 0.2) is 0 Å². The van der Waals surface area contributed by atoms with E-state index in [0.717, 1.165) is 21.5 Å². The van der Waals surface area contributed by atoms with Crippen LogP contribution < -0.4 is 18.9 Å². The summed E-state index contributed by atoms with van der Waals surface area (Å²) in [5, 5.41) is 5.70. The van der Waals surface area contributed by atoms with Crippen molar-refractivity contribution in [1.82, 2.24) is 0 Å². The van der Waals surface area contributed by atoms with Crippen LogP contribution in [0.25, 0.3) is 43.1 Å². The molecule has 0 radical (unpaired) electrons. The first-order valence-electron chi connectivity index (χ1n) is 13.0. The molecular weight excluding hydrogens is 649 g/mol. The molecule has 0 bridgehead atoms.